The highest BCUT2D eigenvalue weighted by atomic mass is 32.2. The van der Waals surface area contributed by atoms with Gasteiger partial charge < -0.3 is 14.4 Å². The number of ether oxygens (including phenoxy) is 2. The molecule has 268 valence electrons. The highest BCUT2D eigenvalue weighted by Gasteiger charge is 2.47. The number of hydrogen-bond donors (Lipinski definition) is 2. The largest absolute Gasteiger partial charge is 0.487 e. The summed E-state index contributed by atoms with van der Waals surface area (Å²) in [5.74, 6) is -0.782. The summed E-state index contributed by atoms with van der Waals surface area (Å²) in [6, 6.07) is 21.4. The number of rotatable bonds is 11. The van der Waals surface area contributed by atoms with E-state index in [1.165, 1.54) is 6.20 Å². The van der Waals surface area contributed by atoms with Gasteiger partial charge in [0.1, 0.15) is 30.3 Å². The van der Waals surface area contributed by atoms with Crippen molar-refractivity contribution < 1.29 is 37.1 Å². The molecule has 2 saturated heterocycles. The van der Waals surface area contributed by atoms with Gasteiger partial charge in [-0.3, -0.25) is 34.1 Å². The molecule has 0 bridgehead atoms. The van der Waals surface area contributed by atoms with E-state index in [-0.39, 0.29) is 48.0 Å². The maximum absolute atomic E-state index is 13.5. The van der Waals surface area contributed by atoms with Crippen molar-refractivity contribution in [2.75, 3.05) is 29.0 Å². The van der Waals surface area contributed by atoms with Crippen molar-refractivity contribution in [3.8, 4) is 11.5 Å². The highest BCUT2D eigenvalue weighted by Crippen LogP contribution is 2.37. The molecule has 14 nitrogen and oxygen atoms in total. The normalized spacial score (nSPS) is 17.8. The van der Waals surface area contributed by atoms with E-state index in [9.17, 15) is 27.6 Å². The first-order valence-corrected chi connectivity index (χ1v) is 18.6. The third-order valence-corrected chi connectivity index (χ3v) is 10.0. The SMILES string of the molecule is CC(C)(c1ccc(OCc2ccnc(NS(C)(=O)=O)n2)cc1)c1ccc(OC2CN(c3cccc4c3C(=O)N(C3CCC(=O)NC3=O)C4=O)C2)cc1. The highest BCUT2D eigenvalue weighted by molar-refractivity contribution is 7.92. The third kappa shape index (κ3) is 6.91. The second kappa shape index (κ2) is 13.4. The molecule has 3 aliphatic heterocycles. The van der Waals surface area contributed by atoms with Crippen LogP contribution in [0.5, 0.6) is 11.5 Å². The van der Waals surface area contributed by atoms with Crippen molar-refractivity contribution in [1.82, 2.24) is 20.2 Å². The van der Waals surface area contributed by atoms with Crippen LogP contribution in [0.3, 0.4) is 0 Å². The van der Waals surface area contributed by atoms with Crippen LogP contribution in [-0.2, 0) is 31.6 Å². The van der Waals surface area contributed by atoms with Gasteiger partial charge >= 0.3 is 0 Å². The van der Waals surface area contributed by atoms with Gasteiger partial charge in [-0.15, -0.1) is 0 Å². The molecule has 1 atom stereocenters. The van der Waals surface area contributed by atoms with Gasteiger partial charge in [-0.2, -0.15) is 0 Å². The Morgan fingerprint density at radius 2 is 1.58 bits per heavy atom. The van der Waals surface area contributed by atoms with E-state index in [4.69, 9.17) is 9.47 Å². The second-order valence-electron chi connectivity index (χ2n) is 13.5. The number of carbonyl (C=O) groups excluding carboxylic acids is 4. The molecule has 7 rings (SSSR count). The second-order valence-corrected chi connectivity index (χ2v) is 15.2. The Morgan fingerprint density at radius 3 is 2.23 bits per heavy atom. The predicted molar refractivity (Wildman–Crippen MR) is 190 cm³/mol. The Balaban J connectivity index is 0.943. The monoisotopic (exact) mass is 724 g/mol. The summed E-state index contributed by atoms with van der Waals surface area (Å²) in [5.41, 5.74) is 3.48. The smallest absolute Gasteiger partial charge is 0.264 e. The summed E-state index contributed by atoms with van der Waals surface area (Å²) in [4.78, 5) is 61.8. The quantitative estimate of drug-likeness (QED) is 0.217. The summed E-state index contributed by atoms with van der Waals surface area (Å²) in [6.45, 7) is 5.41. The number of sulfonamides is 1. The molecule has 2 N–H and O–H groups in total. The van der Waals surface area contributed by atoms with E-state index in [2.05, 4.69) is 33.9 Å². The van der Waals surface area contributed by atoms with Gasteiger partial charge in [-0.05, 0) is 60.0 Å². The van der Waals surface area contributed by atoms with Crippen LogP contribution in [0.2, 0.25) is 0 Å². The van der Waals surface area contributed by atoms with Gasteiger partial charge in [-0.25, -0.2) is 18.4 Å². The number of carbonyl (C=O) groups is 4. The molecule has 52 heavy (non-hydrogen) atoms. The molecule has 0 spiro atoms. The third-order valence-electron chi connectivity index (χ3n) is 9.47. The Morgan fingerprint density at radius 1 is 0.904 bits per heavy atom. The number of fused-ring (bicyclic) bond motifs is 1. The average molecular weight is 725 g/mol. The standard InChI is InChI=1S/C37H36N6O8S/c1-37(2,22-7-11-25(12-8-22)50-21-24-17-18-38-36(39-24)41-52(3,48)49)23-9-13-26(14-10-23)51-27-19-42(20-27)29-6-4-5-28-32(29)35(47)43(34(28)46)30-15-16-31(44)40-33(30)45/h4-14,17-18,27,30H,15-16,19-21H2,1-3H3,(H,38,39,41)(H,40,44,45). The zero-order chi connectivity index (χ0) is 36.8. The number of piperidine rings is 1. The minimum absolute atomic E-state index is 0.0140. The molecule has 15 heteroatoms. The van der Waals surface area contributed by atoms with Crippen molar-refractivity contribution >= 4 is 45.3 Å². The first kappa shape index (κ1) is 34.6. The lowest BCUT2D eigenvalue weighted by molar-refractivity contribution is -0.136. The zero-order valence-electron chi connectivity index (χ0n) is 28.7. The van der Waals surface area contributed by atoms with Crippen molar-refractivity contribution in [3.63, 3.8) is 0 Å². The lowest BCUT2D eigenvalue weighted by Gasteiger charge is -2.41. The maximum atomic E-state index is 13.5. The molecule has 4 amide bonds. The van der Waals surface area contributed by atoms with Crippen LogP contribution in [0, 0.1) is 0 Å². The van der Waals surface area contributed by atoms with Crippen LogP contribution >= 0.6 is 0 Å². The molecule has 2 fully saturated rings. The predicted octanol–water partition coefficient (Wildman–Crippen LogP) is 3.42. The van der Waals surface area contributed by atoms with E-state index in [0.29, 0.717) is 36.0 Å². The van der Waals surface area contributed by atoms with Crippen molar-refractivity contribution in [2.45, 2.75) is 50.9 Å². The Bertz CT molecular complexity index is 2180. The lowest BCUT2D eigenvalue weighted by Crippen LogP contribution is -2.55. The van der Waals surface area contributed by atoms with Gasteiger partial charge in [0, 0.05) is 18.0 Å². The fourth-order valence-corrected chi connectivity index (χ4v) is 7.03. The van der Waals surface area contributed by atoms with E-state index in [0.717, 1.165) is 22.3 Å². The van der Waals surface area contributed by atoms with Crippen LogP contribution < -0.4 is 24.4 Å². The molecule has 0 aliphatic carbocycles. The topological polar surface area (TPSA) is 177 Å². The molecule has 0 saturated carbocycles. The van der Waals surface area contributed by atoms with Gasteiger partial charge in [-0.1, -0.05) is 44.2 Å². The van der Waals surface area contributed by atoms with E-state index < -0.39 is 39.7 Å². The van der Waals surface area contributed by atoms with Crippen LogP contribution in [0.4, 0.5) is 11.6 Å². The van der Waals surface area contributed by atoms with Crippen LogP contribution in [0.15, 0.2) is 79.0 Å². The molecule has 4 heterocycles. The lowest BCUT2D eigenvalue weighted by atomic mass is 9.78. The first-order valence-electron chi connectivity index (χ1n) is 16.7. The number of imide groups is 2. The number of amides is 4. The Kier molecular flexibility index (Phi) is 8.90. The van der Waals surface area contributed by atoms with Crippen molar-refractivity contribution in [2.24, 2.45) is 0 Å². The molecule has 3 aliphatic rings. The minimum atomic E-state index is -3.49. The average Bonchev–Trinajstić information content (AvgIpc) is 3.34. The van der Waals surface area contributed by atoms with Gasteiger partial charge in [0.2, 0.25) is 27.8 Å². The Labute approximate surface area is 300 Å². The molecular formula is C37H36N6O8S. The summed E-state index contributed by atoms with van der Waals surface area (Å²) >= 11 is 0. The molecular weight excluding hydrogens is 689 g/mol. The van der Waals surface area contributed by atoms with Crippen LogP contribution in [0.25, 0.3) is 0 Å². The molecule has 1 aromatic heterocycles. The first-order chi connectivity index (χ1) is 24.8. The number of benzene rings is 3. The zero-order valence-corrected chi connectivity index (χ0v) is 29.5. The van der Waals surface area contributed by atoms with Crippen molar-refractivity contribution in [3.05, 3.63) is 107 Å². The number of anilines is 2. The maximum Gasteiger partial charge on any atom is 0.264 e. The van der Waals surface area contributed by atoms with E-state index in [1.807, 2.05) is 53.4 Å². The molecule has 3 aromatic carbocycles. The fraction of sp³-hybridized carbons (Fsp3) is 0.297. The van der Waals surface area contributed by atoms with Gasteiger partial charge in [0.25, 0.3) is 11.8 Å². The minimum Gasteiger partial charge on any atom is -0.487 e. The molecule has 4 aromatic rings. The van der Waals surface area contributed by atoms with Crippen molar-refractivity contribution in [1.29, 1.82) is 0 Å². The summed E-state index contributed by atoms with van der Waals surface area (Å²) < 4.78 is 37.3. The van der Waals surface area contributed by atoms with Gasteiger partial charge in [0.05, 0.1) is 41.9 Å². The van der Waals surface area contributed by atoms with E-state index in [1.54, 1.807) is 24.3 Å². The number of aromatic nitrogens is 2. The number of nitrogens with zero attached hydrogens (tertiary/aromatic N) is 4. The molecule has 1 unspecified atom stereocenters. The van der Waals surface area contributed by atoms with Crippen LogP contribution in [0.1, 0.15) is 64.2 Å². The van der Waals surface area contributed by atoms with Gasteiger partial charge in [0.15, 0.2) is 0 Å². The summed E-state index contributed by atoms with van der Waals surface area (Å²) in [5, 5.41) is 2.23. The number of hydrogen-bond acceptors (Lipinski definition) is 11. The van der Waals surface area contributed by atoms with Crippen LogP contribution in [-0.4, -0.2) is 78.4 Å². The molecule has 0 radical (unpaired) electrons. The fourth-order valence-electron chi connectivity index (χ4n) is 6.60. The summed E-state index contributed by atoms with van der Waals surface area (Å²) in [6.07, 6.45) is 2.53. The van der Waals surface area contributed by atoms with E-state index >= 15 is 0 Å². The Hall–Kier alpha value is -5.83. The summed E-state index contributed by atoms with van der Waals surface area (Å²) in [7, 11) is -3.49. The number of nitrogens with one attached hydrogen (secondary N) is 2.